The first-order chi connectivity index (χ1) is 15.5. The van der Waals surface area contributed by atoms with Gasteiger partial charge in [-0.25, -0.2) is 4.79 Å². The third-order valence-corrected chi connectivity index (χ3v) is 7.93. The molecule has 1 aromatic rings. The molecule has 0 radical (unpaired) electrons. The topological polar surface area (TPSA) is 69.7 Å². The number of aryl methyl sites for hydroxylation is 1. The van der Waals surface area contributed by atoms with E-state index < -0.39 is 0 Å². The van der Waals surface area contributed by atoms with Gasteiger partial charge in [-0.1, -0.05) is 42.8 Å². The largest absolute Gasteiger partial charge is 0.356 e. The summed E-state index contributed by atoms with van der Waals surface area (Å²) in [6, 6.07) is 7.84. The van der Waals surface area contributed by atoms with E-state index >= 15 is 0 Å². The molecular formula is C25H33N3O3S. The lowest BCUT2D eigenvalue weighted by atomic mass is 9.81. The van der Waals surface area contributed by atoms with Crippen molar-refractivity contribution in [2.45, 2.75) is 63.8 Å². The number of rotatable bonds is 7. The molecule has 2 fully saturated rings. The van der Waals surface area contributed by atoms with E-state index in [1.165, 1.54) is 22.2 Å². The summed E-state index contributed by atoms with van der Waals surface area (Å²) in [7, 11) is 0. The second-order valence-electron chi connectivity index (χ2n) is 9.23. The maximum absolute atomic E-state index is 13.4. The minimum atomic E-state index is -0.255. The van der Waals surface area contributed by atoms with E-state index in [1.807, 2.05) is 23.3 Å². The third-order valence-electron chi connectivity index (χ3n) is 6.84. The highest BCUT2D eigenvalue weighted by molar-refractivity contribution is 8.03. The van der Waals surface area contributed by atoms with Crippen molar-refractivity contribution >= 4 is 29.6 Å². The average Bonchev–Trinajstić information content (AvgIpc) is 3.29. The van der Waals surface area contributed by atoms with Gasteiger partial charge in [-0.15, -0.1) is 11.8 Å². The highest BCUT2D eigenvalue weighted by Crippen LogP contribution is 2.37. The second-order valence-corrected chi connectivity index (χ2v) is 10.3. The Morgan fingerprint density at radius 1 is 1.12 bits per heavy atom. The zero-order valence-corrected chi connectivity index (χ0v) is 19.8. The number of carbonyl (C=O) groups excluding carboxylic acids is 3. The Morgan fingerprint density at radius 3 is 2.53 bits per heavy atom. The number of hydrogen-bond donors (Lipinski definition) is 1. The fourth-order valence-electron chi connectivity index (χ4n) is 4.88. The Hall–Kier alpha value is -2.28. The highest BCUT2D eigenvalue weighted by Gasteiger charge is 2.47. The molecule has 2 heterocycles. The van der Waals surface area contributed by atoms with E-state index in [1.54, 1.807) is 0 Å². The Bertz CT molecular complexity index is 877. The molecule has 2 aliphatic heterocycles. The zero-order valence-electron chi connectivity index (χ0n) is 19.0. The molecule has 1 saturated carbocycles. The number of hydrogen-bond acceptors (Lipinski definition) is 4. The number of benzene rings is 1. The number of nitrogens with one attached hydrogen (secondary N) is 1. The van der Waals surface area contributed by atoms with Gasteiger partial charge < -0.3 is 10.2 Å². The van der Waals surface area contributed by atoms with Gasteiger partial charge in [-0.05, 0) is 55.9 Å². The number of nitrogens with zero attached hydrogens (tertiary/aromatic N) is 2. The Labute approximate surface area is 194 Å². The molecular weight excluding hydrogens is 422 g/mol. The number of amides is 4. The van der Waals surface area contributed by atoms with Crippen LogP contribution in [0.25, 0.3) is 0 Å². The van der Waals surface area contributed by atoms with Crippen molar-refractivity contribution in [3.8, 4) is 0 Å². The molecule has 0 bridgehead atoms. The Morgan fingerprint density at radius 2 is 1.84 bits per heavy atom. The predicted molar refractivity (Wildman–Crippen MR) is 127 cm³/mol. The van der Waals surface area contributed by atoms with E-state index in [2.05, 4.69) is 36.5 Å². The van der Waals surface area contributed by atoms with Gasteiger partial charge in [0.2, 0.25) is 11.8 Å². The lowest BCUT2D eigenvalue weighted by Crippen LogP contribution is -2.62. The van der Waals surface area contributed by atoms with Gasteiger partial charge in [0, 0.05) is 25.6 Å². The monoisotopic (exact) mass is 455 g/mol. The van der Waals surface area contributed by atoms with Gasteiger partial charge >= 0.3 is 6.03 Å². The van der Waals surface area contributed by atoms with Crippen LogP contribution in [0.2, 0.25) is 0 Å². The van der Waals surface area contributed by atoms with Crippen LogP contribution in [0, 0.1) is 18.8 Å². The molecule has 1 aliphatic carbocycles. The Balaban J connectivity index is 1.41. The molecule has 4 rings (SSSR count). The van der Waals surface area contributed by atoms with Crippen LogP contribution in [-0.2, 0) is 16.1 Å². The van der Waals surface area contributed by atoms with Crippen LogP contribution in [0.15, 0.2) is 35.7 Å². The van der Waals surface area contributed by atoms with Crippen LogP contribution in [-0.4, -0.2) is 52.0 Å². The van der Waals surface area contributed by atoms with E-state index in [4.69, 9.17) is 0 Å². The van der Waals surface area contributed by atoms with Gasteiger partial charge in [0.25, 0.3) is 0 Å². The van der Waals surface area contributed by atoms with Crippen LogP contribution in [0.3, 0.4) is 0 Å². The molecule has 0 spiro atoms. The lowest BCUT2D eigenvalue weighted by Gasteiger charge is -2.43. The first kappa shape index (κ1) is 22.9. The normalized spacial score (nSPS) is 27.6. The number of thioether (sulfide) groups is 1. The second kappa shape index (κ2) is 10.1. The number of urea groups is 1. The van der Waals surface area contributed by atoms with Crippen LogP contribution in [0.4, 0.5) is 4.79 Å². The number of carbonyl (C=O) groups is 3. The molecule has 2 unspecified atom stereocenters. The van der Waals surface area contributed by atoms with E-state index in [0.29, 0.717) is 13.1 Å². The van der Waals surface area contributed by atoms with Crippen molar-refractivity contribution in [3.63, 3.8) is 0 Å². The summed E-state index contributed by atoms with van der Waals surface area (Å²) in [4.78, 5) is 42.2. The third kappa shape index (κ3) is 4.87. The molecule has 0 aromatic heterocycles. The molecule has 7 heteroatoms. The molecule has 3 aliphatic rings. The first-order valence-electron chi connectivity index (χ1n) is 11.7. The zero-order chi connectivity index (χ0) is 22.7. The summed E-state index contributed by atoms with van der Waals surface area (Å²) in [6.45, 7) is 5.77. The van der Waals surface area contributed by atoms with Crippen molar-refractivity contribution in [1.82, 2.24) is 15.1 Å². The predicted octanol–water partition coefficient (Wildman–Crippen LogP) is 4.09. The van der Waals surface area contributed by atoms with Crippen molar-refractivity contribution in [2.75, 3.05) is 13.1 Å². The minimum absolute atomic E-state index is 0.0579. The van der Waals surface area contributed by atoms with Crippen LogP contribution in [0.5, 0.6) is 0 Å². The van der Waals surface area contributed by atoms with Crippen molar-refractivity contribution < 1.29 is 14.4 Å². The van der Waals surface area contributed by atoms with Crippen LogP contribution in [0.1, 0.15) is 50.2 Å². The molecule has 172 valence electrons. The minimum Gasteiger partial charge on any atom is -0.356 e. The fourth-order valence-corrected chi connectivity index (χ4v) is 5.95. The average molecular weight is 456 g/mol. The van der Waals surface area contributed by atoms with Crippen molar-refractivity contribution in [3.05, 3.63) is 46.9 Å². The summed E-state index contributed by atoms with van der Waals surface area (Å²) in [5, 5.41) is 4.69. The summed E-state index contributed by atoms with van der Waals surface area (Å²) < 4.78 is 0. The molecule has 6 nitrogen and oxygen atoms in total. The molecule has 1 N–H and O–H groups in total. The van der Waals surface area contributed by atoms with Gasteiger partial charge in [-0.3, -0.25) is 14.5 Å². The van der Waals surface area contributed by atoms with Crippen LogP contribution >= 0.6 is 11.8 Å². The van der Waals surface area contributed by atoms with Crippen molar-refractivity contribution in [2.24, 2.45) is 11.8 Å². The summed E-state index contributed by atoms with van der Waals surface area (Å²) in [5.41, 5.74) is 2.25. The fraction of sp³-hybridized carbons (Fsp3) is 0.560. The smallest absolute Gasteiger partial charge is 0.327 e. The molecule has 32 heavy (non-hydrogen) atoms. The summed E-state index contributed by atoms with van der Waals surface area (Å²) >= 11 is 1.51. The SMILES string of the molecule is CCCNC(=O)C1CCC(CN2C(=O)C3SC=CC3N(Cc3ccc(C)cc3)C2=O)CC1. The van der Waals surface area contributed by atoms with Crippen molar-refractivity contribution in [1.29, 1.82) is 0 Å². The van der Waals surface area contributed by atoms with Gasteiger partial charge in [-0.2, -0.15) is 0 Å². The van der Waals surface area contributed by atoms with E-state index in [9.17, 15) is 14.4 Å². The van der Waals surface area contributed by atoms with Crippen LogP contribution < -0.4 is 5.32 Å². The van der Waals surface area contributed by atoms with Gasteiger partial charge in [0.1, 0.15) is 5.25 Å². The number of imide groups is 1. The maximum Gasteiger partial charge on any atom is 0.327 e. The highest BCUT2D eigenvalue weighted by atomic mass is 32.2. The molecule has 4 amide bonds. The summed E-state index contributed by atoms with van der Waals surface area (Å²) in [5.74, 6) is 0.395. The number of fused-ring (bicyclic) bond motifs is 1. The molecule has 2 atom stereocenters. The molecule has 1 aromatic carbocycles. The Kier molecular flexibility index (Phi) is 7.23. The van der Waals surface area contributed by atoms with Gasteiger partial charge in [0.15, 0.2) is 0 Å². The van der Waals surface area contributed by atoms with Gasteiger partial charge in [0.05, 0.1) is 6.04 Å². The quantitative estimate of drug-likeness (QED) is 0.672. The summed E-state index contributed by atoms with van der Waals surface area (Å²) in [6.07, 6.45) is 6.32. The van der Waals surface area contributed by atoms with E-state index in [-0.39, 0.29) is 41.0 Å². The lowest BCUT2D eigenvalue weighted by molar-refractivity contribution is -0.132. The molecule has 1 saturated heterocycles. The maximum atomic E-state index is 13.4. The standard InChI is InChI=1S/C25H33N3O3S/c1-3-13-26-23(29)20-10-8-19(9-11-20)16-28-24(30)22-21(12-14-32-22)27(25(28)31)15-18-6-4-17(2)5-7-18/h4-7,12,14,19-22H,3,8-11,13,15-16H2,1-2H3,(H,26,29). The first-order valence-corrected chi connectivity index (χ1v) is 12.7. The van der Waals surface area contributed by atoms with E-state index in [0.717, 1.165) is 44.2 Å².